The van der Waals surface area contributed by atoms with Crippen LogP contribution in [0.25, 0.3) is 101 Å². The minimum absolute atomic E-state index is 0.404. The Hall–Kier alpha value is -8.21. The predicted octanol–water partition coefficient (Wildman–Crippen LogP) is 14.4. The number of benzene rings is 9. The highest BCUT2D eigenvalue weighted by Crippen LogP contribution is 2.63. The van der Waals surface area contributed by atoms with Crippen LogP contribution in [0.2, 0.25) is 0 Å². The molecule has 2 aromatic heterocycles. The van der Waals surface area contributed by atoms with Crippen molar-refractivity contribution in [3.05, 3.63) is 235 Å². The second kappa shape index (κ2) is 13.4. The van der Waals surface area contributed by atoms with Crippen molar-refractivity contribution in [1.82, 2.24) is 15.0 Å². The third kappa shape index (κ3) is 4.98. The molecule has 2 heterocycles. The van der Waals surface area contributed by atoms with E-state index < -0.39 is 5.41 Å². The summed E-state index contributed by atoms with van der Waals surface area (Å²) in [4.78, 5) is 15.5. The van der Waals surface area contributed by atoms with Crippen LogP contribution in [-0.4, -0.2) is 15.0 Å². The molecule has 13 rings (SSSR count). The van der Waals surface area contributed by atoms with Gasteiger partial charge < -0.3 is 4.42 Å². The summed E-state index contributed by atoms with van der Waals surface area (Å²) in [6.45, 7) is 0. The number of fused-ring (bicyclic) bond motifs is 13. The lowest BCUT2D eigenvalue weighted by molar-refractivity contribution is 0.669. The van der Waals surface area contributed by atoms with Crippen molar-refractivity contribution in [3.8, 4) is 78.7 Å². The molecule has 288 valence electrons. The molecule has 11 aromatic rings. The minimum atomic E-state index is -0.404. The Morgan fingerprint density at radius 3 is 1.50 bits per heavy atom. The van der Waals surface area contributed by atoms with Crippen LogP contribution >= 0.6 is 0 Å². The van der Waals surface area contributed by atoms with E-state index in [2.05, 4.69) is 158 Å². The lowest BCUT2D eigenvalue weighted by atomic mass is 9.70. The van der Waals surface area contributed by atoms with E-state index in [1.165, 1.54) is 50.1 Å². The fourth-order valence-electron chi connectivity index (χ4n) is 10.3. The maximum absolute atomic E-state index is 6.49. The molecule has 4 heteroatoms. The zero-order valence-corrected chi connectivity index (χ0v) is 33.5. The van der Waals surface area contributed by atoms with Gasteiger partial charge in [0, 0.05) is 21.9 Å². The first kappa shape index (κ1) is 34.6. The highest BCUT2D eigenvalue weighted by molar-refractivity contribution is 6.09. The zero-order chi connectivity index (χ0) is 40.8. The third-order valence-electron chi connectivity index (χ3n) is 13.0. The Bertz CT molecular complexity index is 3540. The van der Waals surface area contributed by atoms with E-state index in [1.54, 1.807) is 0 Å². The Morgan fingerprint density at radius 2 is 0.774 bits per heavy atom. The van der Waals surface area contributed by atoms with Crippen molar-refractivity contribution < 1.29 is 4.42 Å². The highest BCUT2D eigenvalue weighted by atomic mass is 16.3. The molecule has 62 heavy (non-hydrogen) atoms. The zero-order valence-electron chi connectivity index (χ0n) is 33.5. The number of para-hydroxylation sites is 2. The second-order valence-electron chi connectivity index (χ2n) is 16.2. The van der Waals surface area contributed by atoms with E-state index in [4.69, 9.17) is 19.4 Å². The largest absolute Gasteiger partial charge is 0.455 e. The molecule has 0 aliphatic heterocycles. The van der Waals surface area contributed by atoms with Gasteiger partial charge >= 0.3 is 0 Å². The van der Waals surface area contributed by atoms with E-state index in [0.717, 1.165) is 55.3 Å². The van der Waals surface area contributed by atoms with Gasteiger partial charge in [-0.3, -0.25) is 0 Å². The Kier molecular flexibility index (Phi) is 7.49. The topological polar surface area (TPSA) is 51.8 Å². The van der Waals surface area contributed by atoms with Crippen LogP contribution in [-0.2, 0) is 5.41 Å². The second-order valence-corrected chi connectivity index (χ2v) is 16.2. The van der Waals surface area contributed by atoms with Gasteiger partial charge in [0.05, 0.1) is 11.0 Å². The molecular weight excluding hydrogens is 755 g/mol. The Balaban J connectivity index is 0.967. The van der Waals surface area contributed by atoms with Crippen LogP contribution in [0.3, 0.4) is 0 Å². The summed E-state index contributed by atoms with van der Waals surface area (Å²) >= 11 is 0. The van der Waals surface area contributed by atoms with Gasteiger partial charge in [-0.05, 0) is 91.0 Å². The molecule has 2 aliphatic rings. The molecule has 0 saturated heterocycles. The summed E-state index contributed by atoms with van der Waals surface area (Å²) < 4.78 is 6.49. The summed E-state index contributed by atoms with van der Waals surface area (Å²) in [5.74, 6) is 1.76. The van der Waals surface area contributed by atoms with Crippen LogP contribution < -0.4 is 0 Å². The van der Waals surface area contributed by atoms with Gasteiger partial charge in [0.15, 0.2) is 17.5 Å². The summed E-state index contributed by atoms with van der Waals surface area (Å²) in [5.41, 5.74) is 18.8. The molecule has 0 amide bonds. The fourth-order valence-corrected chi connectivity index (χ4v) is 10.3. The number of hydrogen-bond acceptors (Lipinski definition) is 4. The van der Waals surface area contributed by atoms with E-state index in [0.29, 0.717) is 17.5 Å². The van der Waals surface area contributed by atoms with Crippen LogP contribution in [0.5, 0.6) is 0 Å². The molecule has 0 bridgehead atoms. The number of nitrogens with zero attached hydrogens (tertiary/aromatic N) is 3. The highest BCUT2D eigenvalue weighted by Gasteiger charge is 2.51. The maximum Gasteiger partial charge on any atom is 0.167 e. The standard InChI is InChI=1S/C58H35N3O/c1-2-16-36(17-3-1)55-59-56(61-57(60-55)48-27-15-26-46-45-24-9-13-31-53(45)62-54(46)48)47-25-5-4-20-40(47)39-19-14-18-37(34-39)38-32-33-44-43-23-8-12-30-51(43)58(52(44)35-38)49-28-10-6-21-41(49)42-22-7-11-29-50(42)58/h1-35H. The average Bonchev–Trinajstić information content (AvgIpc) is 3.98. The molecule has 9 aromatic carbocycles. The van der Waals surface area contributed by atoms with Crippen molar-refractivity contribution in [1.29, 1.82) is 0 Å². The van der Waals surface area contributed by atoms with Gasteiger partial charge in [0.1, 0.15) is 11.2 Å². The molecule has 2 aliphatic carbocycles. The van der Waals surface area contributed by atoms with Crippen LogP contribution in [0, 0.1) is 0 Å². The summed E-state index contributed by atoms with van der Waals surface area (Å²) in [6, 6.07) is 75.7. The molecule has 1 spiro atoms. The van der Waals surface area contributed by atoms with Crippen LogP contribution in [0.4, 0.5) is 0 Å². The molecule has 4 nitrogen and oxygen atoms in total. The molecular formula is C58H35N3O. The predicted molar refractivity (Wildman–Crippen MR) is 251 cm³/mol. The van der Waals surface area contributed by atoms with Gasteiger partial charge in [-0.25, -0.2) is 15.0 Å². The maximum atomic E-state index is 6.49. The third-order valence-corrected chi connectivity index (χ3v) is 13.0. The molecule has 0 unspecified atom stereocenters. The SMILES string of the molecule is c1ccc(-c2nc(-c3ccccc3-c3cccc(-c4ccc5c(c4)C4(c6ccccc6-c6ccccc64)c4ccccc4-5)c3)nc(-c3cccc4c3oc3ccccc34)n2)cc1. The van der Waals surface area contributed by atoms with E-state index in [1.807, 2.05) is 54.6 Å². The van der Waals surface area contributed by atoms with Gasteiger partial charge in [-0.2, -0.15) is 0 Å². The summed E-state index contributed by atoms with van der Waals surface area (Å²) in [5, 5.41) is 2.09. The van der Waals surface area contributed by atoms with E-state index in [-0.39, 0.29) is 0 Å². The monoisotopic (exact) mass is 789 g/mol. The fraction of sp³-hybridized carbons (Fsp3) is 0.0172. The Morgan fingerprint density at radius 1 is 0.290 bits per heavy atom. The van der Waals surface area contributed by atoms with Crippen molar-refractivity contribution in [3.63, 3.8) is 0 Å². The van der Waals surface area contributed by atoms with Crippen molar-refractivity contribution in [2.24, 2.45) is 0 Å². The van der Waals surface area contributed by atoms with Crippen molar-refractivity contribution in [2.75, 3.05) is 0 Å². The van der Waals surface area contributed by atoms with E-state index >= 15 is 0 Å². The quantitative estimate of drug-likeness (QED) is 0.174. The van der Waals surface area contributed by atoms with Crippen LogP contribution in [0.1, 0.15) is 22.3 Å². The average molecular weight is 790 g/mol. The van der Waals surface area contributed by atoms with Gasteiger partial charge in [-0.1, -0.05) is 188 Å². The molecule has 0 saturated carbocycles. The first-order valence-electron chi connectivity index (χ1n) is 21.1. The number of hydrogen-bond donors (Lipinski definition) is 0. The number of aromatic nitrogens is 3. The Labute approximate surface area is 358 Å². The first-order chi connectivity index (χ1) is 30.7. The van der Waals surface area contributed by atoms with Gasteiger partial charge in [0.2, 0.25) is 0 Å². The van der Waals surface area contributed by atoms with Gasteiger partial charge in [0.25, 0.3) is 0 Å². The lowest BCUT2D eigenvalue weighted by Gasteiger charge is -2.30. The molecule has 0 N–H and O–H groups in total. The molecule has 0 radical (unpaired) electrons. The first-order valence-corrected chi connectivity index (χ1v) is 21.1. The number of furan rings is 1. The molecule has 0 fully saturated rings. The normalized spacial score (nSPS) is 13.0. The van der Waals surface area contributed by atoms with E-state index in [9.17, 15) is 0 Å². The molecule has 0 atom stereocenters. The van der Waals surface area contributed by atoms with Crippen molar-refractivity contribution >= 4 is 21.9 Å². The minimum Gasteiger partial charge on any atom is -0.455 e. The summed E-state index contributed by atoms with van der Waals surface area (Å²) in [7, 11) is 0. The lowest BCUT2D eigenvalue weighted by Crippen LogP contribution is -2.25. The number of rotatable bonds is 5. The smallest absolute Gasteiger partial charge is 0.167 e. The van der Waals surface area contributed by atoms with Gasteiger partial charge in [-0.15, -0.1) is 0 Å². The van der Waals surface area contributed by atoms with Crippen molar-refractivity contribution in [2.45, 2.75) is 5.41 Å². The van der Waals surface area contributed by atoms with Crippen LogP contribution in [0.15, 0.2) is 217 Å². The summed E-state index contributed by atoms with van der Waals surface area (Å²) in [6.07, 6.45) is 0.